The molecule has 0 fully saturated rings. The molecule has 0 amide bonds. The molecule has 0 aliphatic heterocycles. The van der Waals surface area contributed by atoms with E-state index in [2.05, 4.69) is 35.9 Å². The van der Waals surface area contributed by atoms with Crippen LogP contribution in [-0.2, 0) is 0 Å². The van der Waals surface area contributed by atoms with Crippen LogP contribution in [-0.4, -0.2) is 11.5 Å². The van der Waals surface area contributed by atoms with E-state index >= 15 is 0 Å². The Morgan fingerprint density at radius 1 is 1.38 bits per heavy atom. The minimum absolute atomic E-state index is 0.420. The first kappa shape index (κ1) is 12.9. The Hall–Kier alpha value is -1.15. The van der Waals surface area contributed by atoms with Crippen molar-refractivity contribution in [3.05, 3.63) is 41.7 Å². The van der Waals surface area contributed by atoms with Gasteiger partial charge in [0, 0.05) is 17.4 Å². The molecule has 1 atom stereocenters. The standard InChI is InChI=1S/C14H22N2/c1-5-7-8-14(15-6-2)13-9-11(3)16-12(4)10-13/h5,9-10,14-15H,1,6-8H2,2-4H3. The average Bonchev–Trinajstić information content (AvgIpc) is 2.22. The van der Waals surface area contributed by atoms with Crippen LogP contribution in [0.2, 0.25) is 0 Å². The Labute approximate surface area is 98.8 Å². The predicted molar refractivity (Wildman–Crippen MR) is 69.6 cm³/mol. The average molecular weight is 218 g/mol. The summed E-state index contributed by atoms with van der Waals surface area (Å²) >= 11 is 0. The number of aryl methyl sites for hydroxylation is 2. The molecule has 1 aromatic heterocycles. The molecule has 0 spiro atoms. The minimum Gasteiger partial charge on any atom is -0.310 e. The third-order valence-corrected chi connectivity index (χ3v) is 2.62. The monoisotopic (exact) mass is 218 g/mol. The van der Waals surface area contributed by atoms with E-state index in [-0.39, 0.29) is 0 Å². The molecule has 88 valence electrons. The number of rotatable bonds is 6. The summed E-state index contributed by atoms with van der Waals surface area (Å²) in [6, 6.07) is 4.76. The largest absolute Gasteiger partial charge is 0.310 e. The van der Waals surface area contributed by atoms with Crippen LogP contribution in [0.4, 0.5) is 0 Å². The van der Waals surface area contributed by atoms with E-state index in [1.54, 1.807) is 0 Å². The number of pyridine rings is 1. The van der Waals surface area contributed by atoms with Crippen LogP contribution in [0.5, 0.6) is 0 Å². The molecule has 1 aromatic rings. The van der Waals surface area contributed by atoms with Gasteiger partial charge in [-0.25, -0.2) is 0 Å². The van der Waals surface area contributed by atoms with Gasteiger partial charge >= 0.3 is 0 Å². The summed E-state index contributed by atoms with van der Waals surface area (Å²) in [7, 11) is 0. The molecule has 0 saturated heterocycles. The molecule has 0 aliphatic rings. The summed E-state index contributed by atoms with van der Waals surface area (Å²) in [6.45, 7) is 11.0. The van der Waals surface area contributed by atoms with Crippen molar-refractivity contribution in [2.45, 2.75) is 39.7 Å². The molecule has 0 radical (unpaired) electrons. The number of nitrogens with one attached hydrogen (secondary N) is 1. The Kier molecular flexibility index (Phi) is 5.20. The van der Waals surface area contributed by atoms with E-state index in [0.29, 0.717) is 6.04 Å². The van der Waals surface area contributed by atoms with Crippen molar-refractivity contribution in [3.63, 3.8) is 0 Å². The second kappa shape index (κ2) is 6.44. The summed E-state index contributed by atoms with van der Waals surface area (Å²) in [5.74, 6) is 0. The van der Waals surface area contributed by atoms with E-state index in [0.717, 1.165) is 30.8 Å². The fourth-order valence-electron chi connectivity index (χ4n) is 1.99. The van der Waals surface area contributed by atoms with Crippen LogP contribution in [0, 0.1) is 13.8 Å². The van der Waals surface area contributed by atoms with Gasteiger partial charge in [0.05, 0.1) is 0 Å². The van der Waals surface area contributed by atoms with Crippen molar-refractivity contribution in [2.24, 2.45) is 0 Å². The number of hydrogen-bond acceptors (Lipinski definition) is 2. The molecular weight excluding hydrogens is 196 g/mol. The van der Waals surface area contributed by atoms with Crippen LogP contribution in [0.3, 0.4) is 0 Å². The van der Waals surface area contributed by atoms with E-state index in [1.807, 2.05) is 19.9 Å². The molecule has 0 saturated carbocycles. The second-order valence-electron chi connectivity index (χ2n) is 4.16. The fourth-order valence-corrected chi connectivity index (χ4v) is 1.99. The molecule has 1 rings (SSSR count). The summed E-state index contributed by atoms with van der Waals surface area (Å²) in [6.07, 6.45) is 4.11. The summed E-state index contributed by atoms with van der Waals surface area (Å²) < 4.78 is 0. The van der Waals surface area contributed by atoms with Crippen molar-refractivity contribution in [3.8, 4) is 0 Å². The molecule has 16 heavy (non-hydrogen) atoms. The smallest absolute Gasteiger partial charge is 0.0379 e. The topological polar surface area (TPSA) is 24.9 Å². The van der Waals surface area contributed by atoms with Crippen molar-refractivity contribution in [1.29, 1.82) is 0 Å². The molecule has 0 aromatic carbocycles. The zero-order chi connectivity index (χ0) is 12.0. The number of hydrogen-bond donors (Lipinski definition) is 1. The van der Waals surface area contributed by atoms with Gasteiger partial charge in [-0.1, -0.05) is 13.0 Å². The van der Waals surface area contributed by atoms with Gasteiger partial charge in [0.25, 0.3) is 0 Å². The zero-order valence-corrected chi connectivity index (χ0v) is 10.6. The second-order valence-corrected chi connectivity index (χ2v) is 4.16. The maximum atomic E-state index is 4.41. The fraction of sp³-hybridized carbons (Fsp3) is 0.500. The van der Waals surface area contributed by atoms with Crippen LogP contribution in [0.1, 0.15) is 42.8 Å². The molecule has 0 aliphatic carbocycles. The van der Waals surface area contributed by atoms with Gasteiger partial charge in [0.15, 0.2) is 0 Å². The SMILES string of the molecule is C=CCCC(NCC)c1cc(C)nc(C)c1. The van der Waals surface area contributed by atoms with Crippen LogP contribution in [0.15, 0.2) is 24.8 Å². The Morgan fingerprint density at radius 2 is 2.00 bits per heavy atom. The van der Waals surface area contributed by atoms with Crippen LogP contribution >= 0.6 is 0 Å². The third-order valence-electron chi connectivity index (χ3n) is 2.62. The van der Waals surface area contributed by atoms with E-state index in [9.17, 15) is 0 Å². The minimum atomic E-state index is 0.420. The molecule has 1 heterocycles. The van der Waals surface area contributed by atoms with Gasteiger partial charge in [-0.05, 0) is 50.9 Å². The molecule has 2 nitrogen and oxygen atoms in total. The first-order valence-electron chi connectivity index (χ1n) is 5.96. The highest BCUT2D eigenvalue weighted by Gasteiger charge is 2.10. The van der Waals surface area contributed by atoms with E-state index in [1.165, 1.54) is 5.56 Å². The first-order chi connectivity index (χ1) is 7.67. The van der Waals surface area contributed by atoms with Gasteiger partial charge < -0.3 is 5.32 Å². The highest BCUT2D eigenvalue weighted by molar-refractivity contribution is 5.23. The Bertz CT molecular complexity index is 324. The molecule has 0 bridgehead atoms. The van der Waals surface area contributed by atoms with Gasteiger partial charge in [-0.15, -0.1) is 6.58 Å². The normalized spacial score (nSPS) is 12.4. The quantitative estimate of drug-likeness (QED) is 0.741. The summed E-state index contributed by atoms with van der Waals surface area (Å²) in [5.41, 5.74) is 3.53. The van der Waals surface area contributed by atoms with Gasteiger partial charge in [0.1, 0.15) is 0 Å². The predicted octanol–water partition coefficient (Wildman–Crippen LogP) is 3.32. The van der Waals surface area contributed by atoms with Crippen molar-refractivity contribution in [2.75, 3.05) is 6.54 Å². The van der Waals surface area contributed by atoms with Gasteiger partial charge in [0.2, 0.25) is 0 Å². The maximum Gasteiger partial charge on any atom is 0.0379 e. The van der Waals surface area contributed by atoms with E-state index < -0.39 is 0 Å². The Morgan fingerprint density at radius 3 is 2.50 bits per heavy atom. The van der Waals surface area contributed by atoms with Crippen molar-refractivity contribution < 1.29 is 0 Å². The highest BCUT2D eigenvalue weighted by atomic mass is 14.9. The van der Waals surface area contributed by atoms with Crippen molar-refractivity contribution >= 4 is 0 Å². The Balaban J connectivity index is 2.85. The number of allylic oxidation sites excluding steroid dienone is 1. The lowest BCUT2D eigenvalue weighted by molar-refractivity contribution is 0.518. The van der Waals surface area contributed by atoms with Gasteiger partial charge in [-0.3, -0.25) is 4.98 Å². The van der Waals surface area contributed by atoms with Gasteiger partial charge in [-0.2, -0.15) is 0 Å². The molecule has 2 heteroatoms. The van der Waals surface area contributed by atoms with E-state index in [4.69, 9.17) is 0 Å². The summed E-state index contributed by atoms with van der Waals surface area (Å²) in [4.78, 5) is 4.41. The maximum absolute atomic E-state index is 4.41. The van der Waals surface area contributed by atoms with Crippen LogP contribution < -0.4 is 5.32 Å². The summed E-state index contributed by atoms with van der Waals surface area (Å²) in [5, 5.41) is 3.51. The number of aromatic nitrogens is 1. The molecule has 1 N–H and O–H groups in total. The lowest BCUT2D eigenvalue weighted by atomic mass is 10.0. The lowest BCUT2D eigenvalue weighted by Crippen LogP contribution is -2.21. The molecular formula is C14H22N2. The number of nitrogens with zero attached hydrogens (tertiary/aromatic N) is 1. The van der Waals surface area contributed by atoms with Crippen LogP contribution in [0.25, 0.3) is 0 Å². The third kappa shape index (κ3) is 3.78. The zero-order valence-electron chi connectivity index (χ0n) is 10.6. The van der Waals surface area contributed by atoms with Crippen molar-refractivity contribution in [1.82, 2.24) is 10.3 Å². The highest BCUT2D eigenvalue weighted by Crippen LogP contribution is 2.20. The lowest BCUT2D eigenvalue weighted by Gasteiger charge is -2.18. The molecule has 1 unspecified atom stereocenters. The first-order valence-corrected chi connectivity index (χ1v) is 5.96.